The number of nitrogens with zero attached hydrogens (tertiary/aromatic N) is 1. The first-order valence-corrected chi connectivity index (χ1v) is 14.8. The first kappa shape index (κ1) is 29.0. The zero-order valence-electron chi connectivity index (χ0n) is 19.0. The van der Waals surface area contributed by atoms with Gasteiger partial charge in [0.25, 0.3) is 0 Å². The highest BCUT2D eigenvalue weighted by Gasteiger charge is 2.28. The molecule has 0 saturated heterocycles. The van der Waals surface area contributed by atoms with Crippen LogP contribution >= 0.6 is 46.4 Å². The van der Waals surface area contributed by atoms with Gasteiger partial charge in [-0.2, -0.15) is 4.99 Å². The predicted octanol–water partition coefficient (Wildman–Crippen LogP) is 6.51. The van der Waals surface area contributed by atoms with E-state index in [0.29, 0.717) is 5.69 Å². The third-order valence-corrected chi connectivity index (χ3v) is 9.34. The molecule has 0 unspecified atom stereocenters. The minimum absolute atomic E-state index is 0.117. The number of hydrogen-bond acceptors (Lipinski definition) is 5. The smallest absolute Gasteiger partial charge is 0.226 e. The van der Waals surface area contributed by atoms with Crippen molar-refractivity contribution in [3.8, 4) is 0 Å². The summed E-state index contributed by atoms with van der Waals surface area (Å²) >= 11 is 23.8. The van der Waals surface area contributed by atoms with E-state index in [9.17, 15) is 16.8 Å². The van der Waals surface area contributed by atoms with Gasteiger partial charge in [-0.05, 0) is 43.3 Å². The van der Waals surface area contributed by atoms with Crippen LogP contribution in [0.1, 0.15) is 5.56 Å². The molecular formula is C24H19Cl4N3O4S2. The second-order valence-corrected chi connectivity index (χ2v) is 13.0. The van der Waals surface area contributed by atoms with Crippen LogP contribution in [0.15, 0.2) is 119 Å². The van der Waals surface area contributed by atoms with Crippen LogP contribution in [0.5, 0.6) is 0 Å². The normalized spacial score (nSPS) is 12.0. The van der Waals surface area contributed by atoms with Crippen molar-refractivity contribution in [1.29, 1.82) is 0 Å². The van der Waals surface area contributed by atoms with Gasteiger partial charge in [0, 0.05) is 5.69 Å². The number of anilines is 1. The minimum atomic E-state index is -4.32. The summed E-state index contributed by atoms with van der Waals surface area (Å²) in [4.78, 5) is 3.83. The lowest BCUT2D eigenvalue weighted by Crippen LogP contribution is -2.34. The van der Waals surface area contributed by atoms with Gasteiger partial charge in [0.2, 0.25) is 25.6 Å². The number of aryl methyl sites for hydroxylation is 1. The maximum atomic E-state index is 13.3. The first-order valence-electron chi connectivity index (χ1n) is 10.3. The Hall–Kier alpha value is -2.53. The van der Waals surface area contributed by atoms with E-state index in [0.717, 1.165) is 5.56 Å². The highest BCUT2D eigenvalue weighted by Crippen LogP contribution is 2.29. The Morgan fingerprint density at radius 1 is 0.676 bits per heavy atom. The van der Waals surface area contributed by atoms with E-state index in [4.69, 9.17) is 46.4 Å². The van der Waals surface area contributed by atoms with Crippen LogP contribution in [-0.2, 0) is 19.7 Å². The quantitative estimate of drug-likeness (QED) is 0.231. The first-order chi connectivity index (χ1) is 17.4. The van der Waals surface area contributed by atoms with Crippen LogP contribution in [0.25, 0.3) is 0 Å². The zero-order valence-corrected chi connectivity index (χ0v) is 23.6. The van der Waals surface area contributed by atoms with Crippen molar-refractivity contribution in [3.05, 3.63) is 110 Å². The summed E-state index contributed by atoms with van der Waals surface area (Å²) in [6, 6.07) is 21.6. The molecule has 194 valence electrons. The largest absolute Gasteiger partial charge is 0.326 e. The molecule has 0 heterocycles. The number of sulfone groups is 2. The average molecular weight is 619 g/mol. The fourth-order valence-corrected chi connectivity index (χ4v) is 6.66. The minimum Gasteiger partial charge on any atom is -0.326 e. The van der Waals surface area contributed by atoms with Crippen molar-refractivity contribution >= 4 is 77.7 Å². The van der Waals surface area contributed by atoms with E-state index in [1.54, 1.807) is 36.4 Å². The average Bonchev–Trinajstić information content (AvgIpc) is 2.87. The topological polar surface area (TPSA) is 105 Å². The molecule has 0 radical (unpaired) electrons. The van der Waals surface area contributed by atoms with Gasteiger partial charge in [-0.15, -0.1) is 0 Å². The number of hydrogen-bond donors (Lipinski definition) is 2. The van der Waals surface area contributed by atoms with E-state index in [1.807, 2.05) is 6.92 Å². The summed E-state index contributed by atoms with van der Waals surface area (Å²) in [5.74, 6) is -0.384. The lowest BCUT2D eigenvalue weighted by molar-refractivity contribution is 0.599. The highest BCUT2D eigenvalue weighted by atomic mass is 35.5. The third-order valence-electron chi connectivity index (χ3n) is 4.72. The number of halogens is 4. The molecule has 0 spiro atoms. The molecule has 3 aromatic carbocycles. The Labute approximate surface area is 235 Å². The summed E-state index contributed by atoms with van der Waals surface area (Å²) < 4.78 is 51.8. The molecule has 13 heteroatoms. The molecule has 2 N–H and O–H groups in total. The van der Waals surface area contributed by atoms with Crippen molar-refractivity contribution < 1.29 is 16.8 Å². The monoisotopic (exact) mass is 617 g/mol. The van der Waals surface area contributed by atoms with E-state index < -0.39 is 38.7 Å². The Kier molecular flexibility index (Phi) is 9.68. The van der Waals surface area contributed by atoms with Gasteiger partial charge in [-0.1, -0.05) is 100 Å². The van der Waals surface area contributed by atoms with Crippen LogP contribution < -0.4 is 10.6 Å². The molecule has 0 bridgehead atoms. The third kappa shape index (κ3) is 7.28. The second kappa shape index (κ2) is 12.3. The lowest BCUT2D eigenvalue weighted by Gasteiger charge is -2.17. The molecule has 7 nitrogen and oxygen atoms in total. The number of guanidine groups is 1. The number of rotatable bonds is 7. The van der Waals surface area contributed by atoms with Gasteiger partial charge in [-0.25, -0.2) is 16.8 Å². The zero-order chi connectivity index (χ0) is 27.2. The summed E-state index contributed by atoms with van der Waals surface area (Å²) in [5, 5.41) is 3.95. The van der Waals surface area contributed by atoms with Gasteiger partial charge in [0.05, 0.1) is 9.79 Å². The Balaban J connectivity index is 2.17. The second-order valence-electron chi connectivity index (χ2n) is 7.36. The summed E-state index contributed by atoms with van der Waals surface area (Å²) in [7, 11) is -8.61. The molecule has 0 aliphatic rings. The van der Waals surface area contributed by atoms with Crippen LogP contribution in [0.2, 0.25) is 0 Å². The van der Waals surface area contributed by atoms with Crippen LogP contribution in [0.4, 0.5) is 5.69 Å². The molecular weight excluding hydrogens is 600 g/mol. The van der Waals surface area contributed by atoms with Crippen molar-refractivity contribution in [2.45, 2.75) is 16.7 Å². The molecule has 0 saturated carbocycles. The lowest BCUT2D eigenvalue weighted by atomic mass is 10.2. The number of benzene rings is 3. The van der Waals surface area contributed by atoms with Crippen molar-refractivity contribution in [1.82, 2.24) is 5.32 Å². The number of nitrogens with one attached hydrogen (secondary N) is 2. The maximum absolute atomic E-state index is 13.3. The fourth-order valence-electron chi connectivity index (χ4n) is 2.92. The van der Waals surface area contributed by atoms with Crippen LogP contribution in [0.3, 0.4) is 0 Å². The van der Waals surface area contributed by atoms with Gasteiger partial charge >= 0.3 is 0 Å². The Morgan fingerprint density at radius 2 is 1.16 bits per heavy atom. The molecule has 0 aliphatic heterocycles. The maximum Gasteiger partial charge on any atom is 0.226 e. The molecule has 0 aromatic heterocycles. The van der Waals surface area contributed by atoms with Crippen molar-refractivity contribution in [2.24, 2.45) is 4.99 Å². The summed E-state index contributed by atoms with van der Waals surface area (Å²) in [6.45, 7) is 1.87. The van der Waals surface area contributed by atoms with Crippen molar-refractivity contribution in [2.75, 3.05) is 5.32 Å². The SMILES string of the molecule is Cc1ccc(N/C(=N\C(=C(Cl)Cl)S(=O)(=O)c2ccccc2)NC(=C(Cl)Cl)S(=O)(=O)c2ccccc2)cc1. The van der Waals surface area contributed by atoms with Gasteiger partial charge in [0.1, 0.15) is 8.98 Å². The Morgan fingerprint density at radius 3 is 1.62 bits per heavy atom. The molecule has 3 rings (SSSR count). The van der Waals surface area contributed by atoms with E-state index in [-0.39, 0.29) is 15.8 Å². The Bertz CT molecular complexity index is 1570. The molecule has 0 fully saturated rings. The highest BCUT2D eigenvalue weighted by molar-refractivity contribution is 7.95. The fraction of sp³-hybridized carbons (Fsp3) is 0.0417. The van der Waals surface area contributed by atoms with Gasteiger partial charge in [0.15, 0.2) is 10.1 Å². The molecule has 0 atom stereocenters. The van der Waals surface area contributed by atoms with E-state index >= 15 is 0 Å². The summed E-state index contributed by atoms with van der Waals surface area (Å²) in [6.07, 6.45) is 0. The molecule has 0 amide bonds. The molecule has 37 heavy (non-hydrogen) atoms. The van der Waals surface area contributed by atoms with E-state index in [1.165, 1.54) is 48.5 Å². The molecule has 0 aliphatic carbocycles. The molecule has 3 aromatic rings. The van der Waals surface area contributed by atoms with Crippen LogP contribution in [0, 0.1) is 6.92 Å². The standard InChI is InChI=1S/C24H19Cl4N3O4S2/c1-16-12-14-17(15-13-16)29-24(30-22(20(25)26)36(32,33)18-8-4-2-5-9-18)31-23(21(27)28)37(34,35)19-10-6-3-7-11-19/h2-15H,1H3,(H2,29,30,31). The van der Waals surface area contributed by atoms with Gasteiger partial charge < -0.3 is 10.6 Å². The van der Waals surface area contributed by atoms with Gasteiger partial charge in [-0.3, -0.25) is 0 Å². The van der Waals surface area contributed by atoms with E-state index in [2.05, 4.69) is 15.6 Å². The summed E-state index contributed by atoms with van der Waals surface area (Å²) in [5.41, 5.74) is 1.38. The van der Waals surface area contributed by atoms with Crippen LogP contribution in [-0.4, -0.2) is 22.8 Å². The number of aliphatic imine (C=N–C) groups is 1. The van der Waals surface area contributed by atoms with Crippen molar-refractivity contribution in [3.63, 3.8) is 0 Å². The predicted molar refractivity (Wildman–Crippen MR) is 150 cm³/mol.